The number of imidazole rings is 1. The van der Waals surface area contributed by atoms with Crippen LogP contribution in [0.15, 0.2) is 16.6 Å². The Morgan fingerprint density at radius 1 is 1.59 bits per heavy atom. The molecule has 0 fully saturated rings. The Bertz CT molecular complexity index is 629. The molecule has 2 aromatic rings. The summed E-state index contributed by atoms with van der Waals surface area (Å²) in [6.07, 6.45) is 1.71. The van der Waals surface area contributed by atoms with Crippen molar-refractivity contribution in [1.29, 1.82) is 0 Å². The van der Waals surface area contributed by atoms with Crippen LogP contribution < -0.4 is 5.32 Å². The lowest BCUT2D eigenvalue weighted by atomic mass is 10.7. The highest BCUT2D eigenvalue weighted by molar-refractivity contribution is 7.89. The zero-order chi connectivity index (χ0) is 12.6. The lowest BCUT2D eigenvalue weighted by molar-refractivity contribution is 0.483. The molecule has 1 N–H and O–H groups in total. The van der Waals surface area contributed by atoms with Crippen molar-refractivity contribution in [2.24, 2.45) is 0 Å². The SMILES string of the molecule is CCN(C)S(=O)(=O)c1c(NC)nc2sccn12. The second kappa shape index (κ2) is 4.28. The van der Waals surface area contributed by atoms with Gasteiger partial charge in [0, 0.05) is 32.2 Å². The van der Waals surface area contributed by atoms with E-state index in [4.69, 9.17) is 0 Å². The molecule has 0 aliphatic carbocycles. The van der Waals surface area contributed by atoms with Crippen LogP contribution in [0.5, 0.6) is 0 Å². The predicted molar refractivity (Wildman–Crippen MR) is 68.1 cm³/mol. The van der Waals surface area contributed by atoms with Crippen molar-refractivity contribution in [1.82, 2.24) is 13.7 Å². The molecule has 2 rings (SSSR count). The van der Waals surface area contributed by atoms with Crippen LogP contribution in [-0.4, -0.2) is 42.7 Å². The van der Waals surface area contributed by atoms with Gasteiger partial charge in [0.15, 0.2) is 15.8 Å². The molecule has 2 heterocycles. The number of nitrogens with one attached hydrogen (secondary N) is 1. The molecule has 0 unspecified atom stereocenters. The zero-order valence-corrected chi connectivity index (χ0v) is 11.5. The highest BCUT2D eigenvalue weighted by Gasteiger charge is 2.28. The van der Waals surface area contributed by atoms with Crippen LogP contribution in [0.2, 0.25) is 0 Å². The van der Waals surface area contributed by atoms with Gasteiger partial charge in [-0.2, -0.15) is 4.31 Å². The molecule has 0 bridgehead atoms. The third-order valence-corrected chi connectivity index (χ3v) is 5.27. The minimum atomic E-state index is -3.51. The fraction of sp³-hybridized carbons (Fsp3) is 0.444. The number of sulfonamides is 1. The van der Waals surface area contributed by atoms with Crippen molar-refractivity contribution in [3.8, 4) is 0 Å². The van der Waals surface area contributed by atoms with Gasteiger partial charge in [-0.15, -0.1) is 11.3 Å². The molecule has 94 valence electrons. The Hall–Kier alpha value is -1.12. The van der Waals surface area contributed by atoms with E-state index in [0.717, 1.165) is 0 Å². The predicted octanol–water partition coefficient (Wildman–Crippen LogP) is 1.08. The monoisotopic (exact) mass is 274 g/mol. The number of nitrogens with zero attached hydrogens (tertiary/aromatic N) is 3. The van der Waals surface area contributed by atoms with Crippen LogP contribution in [0, 0.1) is 0 Å². The Labute approximate surface area is 104 Å². The Morgan fingerprint density at radius 3 is 2.88 bits per heavy atom. The number of anilines is 1. The maximum Gasteiger partial charge on any atom is 0.262 e. The van der Waals surface area contributed by atoms with E-state index in [1.54, 1.807) is 31.6 Å². The molecular weight excluding hydrogens is 260 g/mol. The Kier molecular flexibility index (Phi) is 3.11. The normalized spacial score (nSPS) is 12.5. The highest BCUT2D eigenvalue weighted by Crippen LogP contribution is 2.27. The lowest BCUT2D eigenvalue weighted by Gasteiger charge is -2.14. The fourth-order valence-electron chi connectivity index (χ4n) is 1.49. The summed E-state index contributed by atoms with van der Waals surface area (Å²) in [6.45, 7) is 2.21. The van der Waals surface area contributed by atoms with Crippen molar-refractivity contribution >= 4 is 32.1 Å². The number of fused-ring (bicyclic) bond motifs is 1. The largest absolute Gasteiger partial charge is 0.371 e. The first-order valence-corrected chi connectivity index (χ1v) is 7.44. The minimum Gasteiger partial charge on any atom is -0.371 e. The molecule has 0 spiro atoms. The molecule has 0 atom stereocenters. The summed E-state index contributed by atoms with van der Waals surface area (Å²) in [6, 6.07) is 0. The summed E-state index contributed by atoms with van der Waals surface area (Å²) >= 11 is 1.40. The zero-order valence-electron chi connectivity index (χ0n) is 9.84. The average molecular weight is 274 g/mol. The average Bonchev–Trinajstić information content (AvgIpc) is 2.85. The number of hydrogen-bond donors (Lipinski definition) is 1. The van der Waals surface area contributed by atoms with Gasteiger partial charge in [0.05, 0.1) is 0 Å². The second-order valence-electron chi connectivity index (χ2n) is 3.49. The molecular formula is C9H14N4O2S2. The van der Waals surface area contributed by atoms with E-state index in [0.29, 0.717) is 17.3 Å². The number of hydrogen-bond acceptors (Lipinski definition) is 5. The van der Waals surface area contributed by atoms with Crippen LogP contribution in [0.25, 0.3) is 4.96 Å². The summed E-state index contributed by atoms with van der Waals surface area (Å²) in [4.78, 5) is 4.90. The van der Waals surface area contributed by atoms with Crippen molar-refractivity contribution in [2.45, 2.75) is 11.9 Å². The van der Waals surface area contributed by atoms with Gasteiger partial charge in [-0.25, -0.2) is 13.4 Å². The standard InChI is InChI=1S/C9H14N4O2S2/c1-4-12(3)17(14,15)8-7(10-2)11-9-13(8)5-6-16-9/h5-6,10H,4H2,1-3H3. The third kappa shape index (κ3) is 1.81. The molecule has 0 aliphatic heterocycles. The van der Waals surface area contributed by atoms with E-state index in [9.17, 15) is 8.42 Å². The maximum absolute atomic E-state index is 12.3. The first-order chi connectivity index (χ1) is 8.02. The van der Waals surface area contributed by atoms with Gasteiger partial charge in [0.2, 0.25) is 0 Å². The summed E-state index contributed by atoms with van der Waals surface area (Å²) < 4.78 is 27.6. The molecule has 2 aromatic heterocycles. The number of aromatic nitrogens is 2. The van der Waals surface area contributed by atoms with Crippen molar-refractivity contribution in [2.75, 3.05) is 26.0 Å². The van der Waals surface area contributed by atoms with Gasteiger partial charge in [0.25, 0.3) is 10.0 Å². The van der Waals surface area contributed by atoms with Gasteiger partial charge >= 0.3 is 0 Å². The van der Waals surface area contributed by atoms with Gasteiger partial charge in [-0.3, -0.25) is 4.40 Å². The number of rotatable bonds is 4. The fourth-order valence-corrected chi connectivity index (χ4v) is 3.69. The summed E-state index contributed by atoms with van der Waals surface area (Å²) in [7, 11) is -0.287. The molecule has 17 heavy (non-hydrogen) atoms. The topological polar surface area (TPSA) is 66.7 Å². The molecule has 0 amide bonds. The third-order valence-electron chi connectivity index (χ3n) is 2.56. The summed E-state index contributed by atoms with van der Waals surface area (Å²) in [5, 5.41) is 4.83. The highest BCUT2D eigenvalue weighted by atomic mass is 32.2. The Morgan fingerprint density at radius 2 is 2.29 bits per heavy atom. The molecule has 0 aromatic carbocycles. The van der Waals surface area contributed by atoms with Crippen LogP contribution in [-0.2, 0) is 10.0 Å². The van der Waals surface area contributed by atoms with E-state index >= 15 is 0 Å². The second-order valence-corrected chi connectivity index (χ2v) is 6.32. The molecule has 0 saturated carbocycles. The van der Waals surface area contributed by atoms with Crippen molar-refractivity contribution < 1.29 is 8.42 Å². The van der Waals surface area contributed by atoms with E-state index < -0.39 is 10.0 Å². The smallest absolute Gasteiger partial charge is 0.262 e. The van der Waals surface area contributed by atoms with Gasteiger partial charge in [-0.05, 0) is 0 Å². The van der Waals surface area contributed by atoms with Crippen molar-refractivity contribution in [3.63, 3.8) is 0 Å². The van der Waals surface area contributed by atoms with E-state index in [1.807, 2.05) is 5.38 Å². The van der Waals surface area contributed by atoms with Crippen LogP contribution >= 0.6 is 11.3 Å². The molecule has 0 radical (unpaired) electrons. The first-order valence-electron chi connectivity index (χ1n) is 5.12. The molecule has 6 nitrogen and oxygen atoms in total. The lowest BCUT2D eigenvalue weighted by Crippen LogP contribution is -2.28. The molecule has 0 saturated heterocycles. The van der Waals surface area contributed by atoms with Gasteiger partial charge in [-0.1, -0.05) is 6.92 Å². The van der Waals surface area contributed by atoms with Crippen molar-refractivity contribution in [3.05, 3.63) is 11.6 Å². The maximum atomic E-state index is 12.3. The number of thiazole rings is 1. The van der Waals surface area contributed by atoms with Gasteiger partial charge < -0.3 is 5.32 Å². The summed E-state index contributed by atoms with van der Waals surface area (Å²) in [5.41, 5.74) is 0. The first kappa shape index (κ1) is 12.3. The quantitative estimate of drug-likeness (QED) is 0.906. The van der Waals surface area contributed by atoms with Crippen LogP contribution in [0.3, 0.4) is 0 Å². The Balaban J connectivity index is 2.72. The minimum absolute atomic E-state index is 0.195. The summed E-state index contributed by atoms with van der Waals surface area (Å²) in [5.74, 6) is 0.386. The molecule has 8 heteroatoms. The van der Waals surface area contributed by atoms with Crippen LogP contribution in [0.4, 0.5) is 5.82 Å². The van der Waals surface area contributed by atoms with E-state index in [2.05, 4.69) is 10.3 Å². The van der Waals surface area contributed by atoms with Gasteiger partial charge in [0.1, 0.15) is 0 Å². The van der Waals surface area contributed by atoms with Crippen LogP contribution in [0.1, 0.15) is 6.92 Å². The van der Waals surface area contributed by atoms with E-state index in [-0.39, 0.29) is 5.03 Å². The molecule has 0 aliphatic rings. The van der Waals surface area contributed by atoms with E-state index in [1.165, 1.54) is 15.6 Å².